The zero-order valence-electron chi connectivity index (χ0n) is 33.0. The molecule has 8 amide bonds. The lowest BCUT2D eigenvalue weighted by atomic mass is 9.98. The van der Waals surface area contributed by atoms with Gasteiger partial charge in [0.2, 0.25) is 41.4 Å². The fraction of sp³-hybridized carbons (Fsp3) is 0.571. The van der Waals surface area contributed by atoms with Gasteiger partial charge in [0.15, 0.2) is 6.61 Å². The van der Waals surface area contributed by atoms with Gasteiger partial charge in [-0.1, -0.05) is 12.1 Å². The summed E-state index contributed by atoms with van der Waals surface area (Å²) in [5.41, 5.74) is 6.12. The number of aliphatic carboxylic acids is 1. The summed E-state index contributed by atoms with van der Waals surface area (Å²) in [7, 11) is 0. The Balaban J connectivity index is 2.37. The molecule has 24 heteroatoms. The third-order valence-electron chi connectivity index (χ3n) is 9.04. The first kappa shape index (κ1) is 49.2. The van der Waals surface area contributed by atoms with E-state index in [1.807, 2.05) is 0 Å². The van der Waals surface area contributed by atoms with E-state index in [2.05, 4.69) is 21.3 Å². The van der Waals surface area contributed by atoms with Gasteiger partial charge in [-0.05, 0) is 63.1 Å². The maximum absolute atomic E-state index is 14.0. The summed E-state index contributed by atoms with van der Waals surface area (Å²) in [6.07, 6.45) is -0.528. The van der Waals surface area contributed by atoms with Gasteiger partial charge >= 0.3 is 5.97 Å². The quantitative estimate of drug-likeness (QED) is 0.0295. The van der Waals surface area contributed by atoms with Crippen LogP contribution in [0.3, 0.4) is 0 Å². The fourth-order valence-electron chi connectivity index (χ4n) is 5.58. The molecule has 1 heterocycles. The molecule has 11 N–H and O–H groups in total. The van der Waals surface area contributed by atoms with Gasteiger partial charge in [-0.2, -0.15) is 0 Å². The number of carboxylic acid groups (broad SMARTS) is 1. The number of rotatable bonds is 24. The number of hydroxylamine groups is 8. The van der Waals surface area contributed by atoms with Crippen LogP contribution < -0.4 is 27.0 Å². The van der Waals surface area contributed by atoms with Gasteiger partial charge < -0.3 is 37.2 Å². The largest absolute Gasteiger partial charge is 0.508 e. The second-order valence-corrected chi connectivity index (χ2v) is 13.7. The lowest BCUT2D eigenvalue weighted by Crippen LogP contribution is -2.70. The molecule has 2 rings (SSSR count). The lowest BCUT2D eigenvalue weighted by molar-refractivity contribution is -0.233. The highest BCUT2D eigenvalue weighted by Gasteiger charge is 2.48. The SMILES string of the molecule is CC(=O)N(O)CCC[C@H](NC(=O)[C@H](CCCN(O)C(C)=O)NC(=O)[C@@H](N)CCCN(O)C(C)=O)C(=O)N[C@@H](C(=O)NC1C(=O)N(OCC(=O)O)[C@H]1C)c1ccc(O)cc1. The molecule has 1 unspecified atom stereocenters. The third kappa shape index (κ3) is 15.7. The lowest BCUT2D eigenvalue weighted by Gasteiger charge is -2.43. The van der Waals surface area contributed by atoms with Crippen molar-refractivity contribution in [2.45, 2.75) is 102 Å². The van der Waals surface area contributed by atoms with Gasteiger partial charge in [0.05, 0.1) is 12.1 Å². The summed E-state index contributed by atoms with van der Waals surface area (Å²) >= 11 is 0. The van der Waals surface area contributed by atoms with Crippen LogP contribution in [0.25, 0.3) is 0 Å². The van der Waals surface area contributed by atoms with Crippen LogP contribution in [0.5, 0.6) is 5.75 Å². The Bertz CT molecular complexity index is 1680. The zero-order chi connectivity index (χ0) is 44.6. The number of hydrogen-bond donors (Lipinski definition) is 10. The highest BCUT2D eigenvalue weighted by atomic mass is 16.7. The van der Waals surface area contributed by atoms with Crippen molar-refractivity contribution in [3.05, 3.63) is 29.8 Å². The molecule has 0 bridgehead atoms. The first-order valence-corrected chi connectivity index (χ1v) is 18.5. The smallest absolute Gasteiger partial charge is 0.332 e. The van der Waals surface area contributed by atoms with Crippen LogP contribution in [0.4, 0.5) is 0 Å². The van der Waals surface area contributed by atoms with Crippen LogP contribution in [-0.4, -0.2) is 156 Å². The molecule has 1 aromatic carbocycles. The zero-order valence-corrected chi connectivity index (χ0v) is 33.0. The van der Waals surface area contributed by atoms with Crippen molar-refractivity contribution in [1.82, 2.24) is 41.5 Å². The average Bonchev–Trinajstić information content (AvgIpc) is 3.17. The molecule has 0 spiro atoms. The number of phenolic OH excluding ortho intramolecular Hbond substituents is 1. The van der Waals surface area contributed by atoms with Gasteiger partial charge in [-0.25, -0.2) is 25.0 Å². The van der Waals surface area contributed by atoms with E-state index >= 15 is 0 Å². The van der Waals surface area contributed by atoms with E-state index in [9.17, 15) is 63.9 Å². The molecule has 0 radical (unpaired) electrons. The normalized spacial score (nSPS) is 16.6. The van der Waals surface area contributed by atoms with E-state index in [-0.39, 0.29) is 69.5 Å². The Morgan fingerprint density at radius 3 is 1.61 bits per heavy atom. The van der Waals surface area contributed by atoms with Crippen molar-refractivity contribution in [3.63, 3.8) is 0 Å². The molecule has 1 aromatic rings. The molecular weight excluding hydrogens is 786 g/mol. The highest BCUT2D eigenvalue weighted by Crippen LogP contribution is 2.23. The number of β-lactam (4-membered cyclic amide) rings is 1. The Morgan fingerprint density at radius 1 is 0.729 bits per heavy atom. The van der Waals surface area contributed by atoms with Gasteiger partial charge in [0, 0.05) is 40.4 Å². The summed E-state index contributed by atoms with van der Waals surface area (Å²) in [5.74, 6) is -8.08. The number of hydrogen-bond acceptors (Lipinski definition) is 15. The minimum absolute atomic E-state index is 0.0303. The van der Waals surface area contributed by atoms with Crippen molar-refractivity contribution in [1.29, 1.82) is 0 Å². The summed E-state index contributed by atoms with van der Waals surface area (Å²) in [6.45, 7) is 3.27. The van der Waals surface area contributed by atoms with Crippen molar-refractivity contribution in [2.75, 3.05) is 26.2 Å². The molecule has 0 aromatic heterocycles. The Kier molecular flexibility index (Phi) is 19.6. The van der Waals surface area contributed by atoms with Crippen LogP contribution in [0, 0.1) is 0 Å². The molecule has 1 aliphatic heterocycles. The Labute approximate surface area is 338 Å². The van der Waals surface area contributed by atoms with Crippen molar-refractivity contribution in [2.24, 2.45) is 5.73 Å². The number of phenols is 1. The highest BCUT2D eigenvalue weighted by molar-refractivity contribution is 5.97. The van der Waals surface area contributed by atoms with Crippen molar-refractivity contribution in [3.8, 4) is 5.75 Å². The van der Waals surface area contributed by atoms with Crippen LogP contribution >= 0.6 is 0 Å². The second kappa shape index (κ2) is 23.5. The maximum Gasteiger partial charge on any atom is 0.332 e. The van der Waals surface area contributed by atoms with Crippen LogP contribution in [-0.2, 0) is 48.0 Å². The number of amides is 8. The number of nitrogens with zero attached hydrogens (tertiary/aromatic N) is 4. The number of benzene rings is 1. The van der Waals surface area contributed by atoms with E-state index in [1.165, 1.54) is 31.2 Å². The number of nitrogens with two attached hydrogens (primary N) is 1. The molecule has 1 fully saturated rings. The van der Waals surface area contributed by atoms with E-state index in [0.717, 1.165) is 25.8 Å². The van der Waals surface area contributed by atoms with Crippen molar-refractivity contribution >= 4 is 53.2 Å². The molecule has 1 aliphatic rings. The van der Waals surface area contributed by atoms with Crippen LogP contribution in [0.15, 0.2) is 24.3 Å². The van der Waals surface area contributed by atoms with Gasteiger partial charge in [0.1, 0.15) is 29.9 Å². The third-order valence-corrected chi connectivity index (χ3v) is 9.04. The molecule has 6 atom stereocenters. The summed E-state index contributed by atoms with van der Waals surface area (Å²) in [6, 6.07) is -2.74. The summed E-state index contributed by atoms with van der Waals surface area (Å²) < 4.78 is 0. The van der Waals surface area contributed by atoms with Crippen molar-refractivity contribution < 1.29 is 73.8 Å². The van der Waals surface area contributed by atoms with Gasteiger partial charge in [0.25, 0.3) is 5.91 Å². The fourth-order valence-corrected chi connectivity index (χ4v) is 5.58. The molecule has 1 saturated heterocycles. The van der Waals surface area contributed by atoms with E-state index < -0.39 is 96.1 Å². The monoisotopic (exact) mass is 839 g/mol. The predicted molar refractivity (Wildman–Crippen MR) is 198 cm³/mol. The average molecular weight is 840 g/mol. The minimum Gasteiger partial charge on any atom is -0.508 e. The predicted octanol–water partition coefficient (Wildman–Crippen LogP) is -2.37. The first-order valence-electron chi connectivity index (χ1n) is 18.5. The summed E-state index contributed by atoms with van der Waals surface area (Å²) in [4.78, 5) is 118. The van der Waals surface area contributed by atoms with E-state index in [1.54, 1.807) is 0 Å². The molecular formula is C35H53N9O15. The standard InChI is InChI=1S/C35H53N9O15/c1-19-29(35(55)44(19)59-18-28(49)50)39-34(54)30(23-11-13-24(48)14-12-23)40-33(53)27(10-7-17-43(58)22(4)47)38-32(52)26(9-6-16-42(57)21(3)46)37-31(51)25(36)8-5-15-41(56)20(2)45/h11-14,19,25-27,29-30,48,56-58H,5-10,15-18,36H2,1-4H3,(H,37,51)(H,38,52)(H,39,54)(H,40,53)(H,49,50)/t19-,25-,26-,27-,29?,30+/m0/s1. The van der Waals surface area contributed by atoms with E-state index in [4.69, 9.17) is 15.7 Å². The molecule has 0 aliphatic carbocycles. The topological polar surface area (TPSA) is 351 Å². The number of carboxylic acids is 1. The number of carbonyl (C=O) groups is 9. The molecule has 24 nitrogen and oxygen atoms in total. The minimum atomic E-state index is -1.57. The Morgan fingerprint density at radius 2 is 1.17 bits per heavy atom. The van der Waals surface area contributed by atoms with Gasteiger partial charge in [-0.3, -0.25) is 58.8 Å². The number of nitrogens with one attached hydrogen (secondary N) is 4. The summed E-state index contributed by atoms with van der Waals surface area (Å²) in [5, 5.41) is 60.1. The van der Waals surface area contributed by atoms with E-state index in [0.29, 0.717) is 15.2 Å². The van der Waals surface area contributed by atoms with Gasteiger partial charge in [-0.15, -0.1) is 0 Å². The molecule has 59 heavy (non-hydrogen) atoms. The maximum atomic E-state index is 14.0. The molecule has 328 valence electrons. The molecule has 0 saturated carbocycles. The number of aromatic hydroxyl groups is 1. The Hall–Kier alpha value is -5.95. The van der Waals surface area contributed by atoms with Crippen LogP contribution in [0.2, 0.25) is 0 Å². The van der Waals surface area contributed by atoms with Crippen LogP contribution in [0.1, 0.15) is 77.8 Å². The number of carbonyl (C=O) groups excluding carboxylic acids is 8. The first-order chi connectivity index (χ1) is 27.6. The second-order valence-electron chi connectivity index (χ2n) is 13.7.